The summed E-state index contributed by atoms with van der Waals surface area (Å²) in [5.41, 5.74) is 1.55. The molecule has 14 heavy (non-hydrogen) atoms. The van der Waals surface area contributed by atoms with Crippen LogP contribution in [0.15, 0.2) is 18.2 Å². The first-order valence-corrected chi connectivity index (χ1v) is 5.71. The van der Waals surface area contributed by atoms with E-state index < -0.39 is 3.79 Å². The van der Waals surface area contributed by atoms with Crippen LogP contribution in [0.25, 0.3) is 0 Å². The van der Waals surface area contributed by atoms with Crippen molar-refractivity contribution in [3.8, 4) is 0 Å². The van der Waals surface area contributed by atoms with Crippen molar-refractivity contribution in [2.75, 3.05) is 0 Å². The van der Waals surface area contributed by atoms with Gasteiger partial charge < -0.3 is 0 Å². The Hall–Kier alpha value is 0.380. The van der Waals surface area contributed by atoms with E-state index in [1.807, 2.05) is 26.0 Å². The lowest BCUT2D eigenvalue weighted by Gasteiger charge is -2.20. The molecule has 0 saturated heterocycles. The first-order valence-electron chi connectivity index (χ1n) is 4.19. The average Bonchev–Trinajstić information content (AvgIpc) is 2.01. The van der Waals surface area contributed by atoms with Gasteiger partial charge in [-0.3, -0.25) is 0 Å². The molecule has 0 bridgehead atoms. The Labute approximate surface area is 104 Å². The predicted octanol–water partition coefficient (Wildman–Crippen LogP) is 5.29. The fourth-order valence-electron chi connectivity index (χ4n) is 1.32. The van der Waals surface area contributed by atoms with Gasteiger partial charge in [0, 0.05) is 10.6 Å². The van der Waals surface area contributed by atoms with Crippen molar-refractivity contribution in [2.24, 2.45) is 0 Å². The molecule has 78 valence electrons. The molecule has 0 unspecified atom stereocenters. The second kappa shape index (κ2) is 4.49. The molecule has 1 rings (SSSR count). The van der Waals surface area contributed by atoms with Gasteiger partial charge in [0.15, 0.2) is 0 Å². The lowest BCUT2D eigenvalue weighted by Crippen LogP contribution is -2.07. The van der Waals surface area contributed by atoms with Gasteiger partial charge in [0.2, 0.25) is 3.79 Å². The second-order valence-corrected chi connectivity index (χ2v) is 6.04. The Morgan fingerprint density at radius 3 is 2.07 bits per heavy atom. The first kappa shape index (κ1) is 12.4. The zero-order valence-corrected chi connectivity index (χ0v) is 10.8. The molecule has 0 fully saturated rings. The Kier molecular flexibility index (Phi) is 3.99. The van der Waals surface area contributed by atoms with E-state index in [1.165, 1.54) is 0 Å². The molecule has 0 amide bonds. The highest BCUT2D eigenvalue weighted by atomic mass is 35.6. The van der Waals surface area contributed by atoms with E-state index >= 15 is 0 Å². The topological polar surface area (TPSA) is 0 Å². The summed E-state index contributed by atoms with van der Waals surface area (Å²) in [6.07, 6.45) is 0. The third-order valence-corrected chi connectivity index (χ3v) is 2.83. The SMILES string of the molecule is CC(C)c1cccc(Cl)c1C(Cl)(Cl)Cl. The zero-order chi connectivity index (χ0) is 10.9. The number of rotatable bonds is 1. The minimum Gasteiger partial charge on any atom is -0.0839 e. The fourth-order valence-corrected chi connectivity index (χ4v) is 2.42. The molecule has 0 saturated carbocycles. The Morgan fingerprint density at radius 2 is 1.71 bits per heavy atom. The Bertz CT molecular complexity index is 325. The molecule has 0 atom stereocenters. The average molecular weight is 272 g/mol. The summed E-state index contributed by atoms with van der Waals surface area (Å²) in [7, 11) is 0. The van der Waals surface area contributed by atoms with Crippen LogP contribution in [0.2, 0.25) is 5.02 Å². The standard InChI is InChI=1S/C10H10Cl4/c1-6(2)7-4-3-5-8(11)9(7)10(12,13)14/h3-6H,1-2H3. The van der Waals surface area contributed by atoms with Gasteiger partial charge in [0.1, 0.15) is 0 Å². The molecule has 0 aliphatic heterocycles. The van der Waals surface area contributed by atoms with Crippen LogP contribution >= 0.6 is 46.4 Å². The molecule has 0 aliphatic carbocycles. The van der Waals surface area contributed by atoms with Crippen molar-refractivity contribution in [1.29, 1.82) is 0 Å². The molecule has 0 heterocycles. The van der Waals surface area contributed by atoms with Crippen molar-refractivity contribution < 1.29 is 0 Å². The minimum atomic E-state index is -1.46. The van der Waals surface area contributed by atoms with Crippen molar-refractivity contribution in [2.45, 2.75) is 23.6 Å². The number of benzene rings is 1. The summed E-state index contributed by atoms with van der Waals surface area (Å²) >= 11 is 23.6. The van der Waals surface area contributed by atoms with Gasteiger partial charge in [-0.05, 0) is 17.5 Å². The third-order valence-electron chi connectivity index (χ3n) is 1.95. The molecule has 0 N–H and O–H groups in total. The van der Waals surface area contributed by atoms with Gasteiger partial charge in [0.05, 0.1) is 0 Å². The normalized spacial score (nSPS) is 12.2. The zero-order valence-electron chi connectivity index (χ0n) is 7.82. The molecule has 0 aliphatic rings. The maximum Gasteiger partial charge on any atom is 0.217 e. The molecule has 1 aromatic rings. The van der Waals surface area contributed by atoms with E-state index in [9.17, 15) is 0 Å². The first-order chi connectivity index (χ1) is 6.34. The largest absolute Gasteiger partial charge is 0.217 e. The highest BCUT2D eigenvalue weighted by molar-refractivity contribution is 6.67. The van der Waals surface area contributed by atoms with Gasteiger partial charge in [-0.2, -0.15) is 0 Å². The van der Waals surface area contributed by atoms with E-state index in [1.54, 1.807) is 6.07 Å². The molecule has 4 heteroatoms. The van der Waals surface area contributed by atoms with Gasteiger partial charge >= 0.3 is 0 Å². The lowest BCUT2D eigenvalue weighted by molar-refractivity contribution is 0.848. The van der Waals surface area contributed by atoms with E-state index in [2.05, 4.69) is 0 Å². The van der Waals surface area contributed by atoms with Crippen LogP contribution in [-0.4, -0.2) is 0 Å². The van der Waals surface area contributed by atoms with E-state index in [0.29, 0.717) is 10.6 Å². The van der Waals surface area contributed by atoms with E-state index in [-0.39, 0.29) is 5.92 Å². The molecule has 1 aromatic carbocycles. The summed E-state index contributed by atoms with van der Waals surface area (Å²) in [5.74, 6) is 0.277. The summed E-state index contributed by atoms with van der Waals surface area (Å²) < 4.78 is -1.46. The van der Waals surface area contributed by atoms with Crippen LogP contribution in [0.3, 0.4) is 0 Å². The highest BCUT2D eigenvalue weighted by Crippen LogP contribution is 2.45. The number of halogens is 4. The molecule has 0 radical (unpaired) electrons. The van der Waals surface area contributed by atoms with E-state index in [4.69, 9.17) is 46.4 Å². The summed E-state index contributed by atoms with van der Waals surface area (Å²) in [4.78, 5) is 0. The van der Waals surface area contributed by atoms with Crippen LogP contribution in [0.4, 0.5) is 0 Å². The highest BCUT2D eigenvalue weighted by Gasteiger charge is 2.29. The fraction of sp³-hybridized carbons (Fsp3) is 0.400. The van der Waals surface area contributed by atoms with Gasteiger partial charge in [-0.25, -0.2) is 0 Å². The summed E-state index contributed by atoms with van der Waals surface area (Å²) in [5, 5.41) is 0.496. The van der Waals surface area contributed by atoms with Crippen LogP contribution < -0.4 is 0 Å². The van der Waals surface area contributed by atoms with E-state index in [0.717, 1.165) is 5.56 Å². The van der Waals surface area contributed by atoms with Crippen molar-refractivity contribution in [1.82, 2.24) is 0 Å². The molecular formula is C10H10Cl4. The summed E-state index contributed by atoms with van der Waals surface area (Å²) in [6, 6.07) is 5.51. The van der Waals surface area contributed by atoms with Crippen LogP contribution in [0, 0.1) is 0 Å². The van der Waals surface area contributed by atoms with Crippen LogP contribution in [-0.2, 0) is 3.79 Å². The number of hydrogen-bond donors (Lipinski definition) is 0. The summed E-state index contributed by atoms with van der Waals surface area (Å²) in [6.45, 7) is 4.07. The molecule has 0 aromatic heterocycles. The van der Waals surface area contributed by atoms with Gasteiger partial charge in [0.25, 0.3) is 0 Å². The Morgan fingerprint density at radius 1 is 1.14 bits per heavy atom. The smallest absolute Gasteiger partial charge is 0.0839 e. The van der Waals surface area contributed by atoms with Crippen LogP contribution in [0.1, 0.15) is 30.9 Å². The van der Waals surface area contributed by atoms with Crippen molar-refractivity contribution in [3.05, 3.63) is 34.3 Å². The van der Waals surface area contributed by atoms with Gasteiger partial charge in [-0.1, -0.05) is 72.4 Å². The molecular weight excluding hydrogens is 262 g/mol. The van der Waals surface area contributed by atoms with Gasteiger partial charge in [-0.15, -0.1) is 0 Å². The number of hydrogen-bond acceptors (Lipinski definition) is 0. The monoisotopic (exact) mass is 270 g/mol. The lowest BCUT2D eigenvalue weighted by atomic mass is 9.98. The molecule has 0 nitrogen and oxygen atoms in total. The van der Waals surface area contributed by atoms with Crippen molar-refractivity contribution in [3.63, 3.8) is 0 Å². The Balaban J connectivity index is 3.38. The molecule has 0 spiro atoms. The van der Waals surface area contributed by atoms with Crippen LogP contribution in [0.5, 0.6) is 0 Å². The third kappa shape index (κ3) is 2.70. The maximum absolute atomic E-state index is 6.00. The quantitative estimate of drug-likeness (QED) is 0.609. The second-order valence-electron chi connectivity index (χ2n) is 3.36. The maximum atomic E-state index is 6.00. The predicted molar refractivity (Wildman–Crippen MR) is 64.8 cm³/mol. The van der Waals surface area contributed by atoms with Crippen molar-refractivity contribution >= 4 is 46.4 Å². The minimum absolute atomic E-state index is 0.277. The number of alkyl halides is 3.